The fraction of sp³-hybridized carbons (Fsp3) is 0. The maximum atomic E-state index is 11.9. The second-order valence-corrected chi connectivity index (χ2v) is 4.85. The molecule has 1 aromatic heterocycles. The summed E-state index contributed by atoms with van der Waals surface area (Å²) in [5, 5.41) is 3.34. The van der Waals surface area contributed by atoms with Crippen LogP contribution in [0.15, 0.2) is 35.1 Å². The zero-order valence-electron chi connectivity index (χ0n) is 9.34. The zero-order valence-corrected chi connectivity index (χ0v) is 11.6. The van der Waals surface area contributed by atoms with Crippen molar-refractivity contribution < 1.29 is 4.79 Å². The molecule has 0 fully saturated rings. The van der Waals surface area contributed by atoms with Gasteiger partial charge in [-0.3, -0.25) is 9.59 Å². The average molecular weight is 318 g/mol. The van der Waals surface area contributed by atoms with Crippen molar-refractivity contribution in [3.05, 3.63) is 61.4 Å². The smallest absolute Gasteiger partial charge is 0.272 e. The number of carbonyl (C=O) groups is 1. The van der Waals surface area contributed by atoms with Crippen LogP contribution in [0.3, 0.4) is 0 Å². The molecule has 4 nitrogen and oxygen atoms in total. The fourth-order valence-corrected chi connectivity index (χ4v) is 1.98. The van der Waals surface area contributed by atoms with Gasteiger partial charge in [0.2, 0.25) is 5.56 Å². The molecule has 0 aliphatic rings. The van der Waals surface area contributed by atoms with Crippen LogP contribution in [0.4, 0.5) is 5.69 Å². The van der Waals surface area contributed by atoms with Gasteiger partial charge >= 0.3 is 0 Å². The van der Waals surface area contributed by atoms with Crippen LogP contribution in [-0.4, -0.2) is 10.9 Å². The number of carbonyl (C=O) groups excluding carboxylic acids is 1. The molecule has 19 heavy (non-hydrogen) atoms. The summed E-state index contributed by atoms with van der Waals surface area (Å²) in [7, 11) is 0. The first-order chi connectivity index (χ1) is 8.97. The SMILES string of the molecule is O=C(Nc1cc(Cl)c(Cl)cc1Cl)c1cccc(=O)[nH]1. The van der Waals surface area contributed by atoms with Crippen molar-refractivity contribution in [3.63, 3.8) is 0 Å². The summed E-state index contributed by atoms with van der Waals surface area (Å²) < 4.78 is 0. The van der Waals surface area contributed by atoms with Gasteiger partial charge < -0.3 is 10.3 Å². The Morgan fingerprint density at radius 2 is 1.74 bits per heavy atom. The van der Waals surface area contributed by atoms with E-state index in [2.05, 4.69) is 10.3 Å². The molecule has 2 aromatic rings. The Morgan fingerprint density at radius 3 is 2.42 bits per heavy atom. The van der Waals surface area contributed by atoms with E-state index in [1.807, 2.05) is 0 Å². The number of aromatic amines is 1. The van der Waals surface area contributed by atoms with Crippen molar-refractivity contribution in [2.24, 2.45) is 0 Å². The van der Waals surface area contributed by atoms with Crippen LogP contribution in [0.1, 0.15) is 10.5 Å². The lowest BCUT2D eigenvalue weighted by Gasteiger charge is -2.08. The molecule has 98 valence electrons. The molecule has 2 N–H and O–H groups in total. The normalized spacial score (nSPS) is 10.3. The van der Waals surface area contributed by atoms with Crippen LogP contribution in [-0.2, 0) is 0 Å². The van der Waals surface area contributed by atoms with Crippen molar-refractivity contribution in [1.29, 1.82) is 0 Å². The van der Waals surface area contributed by atoms with Crippen molar-refractivity contribution in [2.45, 2.75) is 0 Å². The van der Waals surface area contributed by atoms with Gasteiger partial charge in [0.15, 0.2) is 0 Å². The van der Waals surface area contributed by atoms with Crippen LogP contribution in [0.5, 0.6) is 0 Å². The van der Waals surface area contributed by atoms with Crippen molar-refractivity contribution in [3.8, 4) is 0 Å². The van der Waals surface area contributed by atoms with Gasteiger partial charge in [0.25, 0.3) is 5.91 Å². The van der Waals surface area contributed by atoms with E-state index in [-0.39, 0.29) is 26.3 Å². The first kappa shape index (κ1) is 13.9. The van der Waals surface area contributed by atoms with Crippen molar-refractivity contribution >= 4 is 46.4 Å². The minimum Gasteiger partial charge on any atom is -0.319 e. The molecule has 0 spiro atoms. The van der Waals surface area contributed by atoms with E-state index in [0.717, 1.165) is 0 Å². The molecule has 0 unspecified atom stereocenters. The summed E-state index contributed by atoms with van der Waals surface area (Å²) in [6.45, 7) is 0. The first-order valence-corrected chi connectivity index (χ1v) is 6.26. The number of hydrogen-bond donors (Lipinski definition) is 2. The topological polar surface area (TPSA) is 62.0 Å². The molecule has 1 amide bonds. The summed E-state index contributed by atoms with van der Waals surface area (Å²) >= 11 is 17.6. The Bertz CT molecular complexity index is 698. The number of nitrogens with one attached hydrogen (secondary N) is 2. The third kappa shape index (κ3) is 3.29. The summed E-state index contributed by atoms with van der Waals surface area (Å²) in [5.41, 5.74) is 0.0632. The molecule has 0 aliphatic heterocycles. The van der Waals surface area contributed by atoms with E-state index in [1.165, 1.54) is 30.3 Å². The minimum absolute atomic E-state index is 0.120. The fourth-order valence-electron chi connectivity index (χ4n) is 1.39. The summed E-state index contributed by atoms with van der Waals surface area (Å²) in [6, 6.07) is 7.12. The number of hydrogen-bond acceptors (Lipinski definition) is 2. The molecular formula is C12H7Cl3N2O2. The van der Waals surface area contributed by atoms with Gasteiger partial charge in [0.1, 0.15) is 5.69 Å². The Hall–Kier alpha value is -1.49. The largest absolute Gasteiger partial charge is 0.319 e. The highest BCUT2D eigenvalue weighted by Crippen LogP contribution is 2.32. The third-order valence-corrected chi connectivity index (χ3v) is 3.31. The van der Waals surface area contributed by atoms with Crippen LogP contribution in [0.25, 0.3) is 0 Å². The van der Waals surface area contributed by atoms with E-state index in [9.17, 15) is 9.59 Å². The van der Waals surface area contributed by atoms with Gasteiger partial charge in [-0.25, -0.2) is 0 Å². The van der Waals surface area contributed by atoms with E-state index >= 15 is 0 Å². The highest BCUT2D eigenvalue weighted by atomic mass is 35.5. The number of amides is 1. The average Bonchev–Trinajstić information content (AvgIpc) is 2.36. The number of rotatable bonds is 2. The lowest BCUT2D eigenvalue weighted by Crippen LogP contribution is -2.18. The number of halogens is 3. The molecule has 2 rings (SSSR count). The zero-order chi connectivity index (χ0) is 14.0. The molecule has 0 saturated heterocycles. The number of benzene rings is 1. The Morgan fingerprint density at radius 1 is 1.05 bits per heavy atom. The molecule has 0 bridgehead atoms. The van der Waals surface area contributed by atoms with Crippen LogP contribution in [0.2, 0.25) is 15.1 Å². The maximum absolute atomic E-state index is 11.9. The van der Waals surface area contributed by atoms with Gasteiger partial charge in [0.05, 0.1) is 20.8 Å². The molecular weight excluding hydrogens is 311 g/mol. The lowest BCUT2D eigenvalue weighted by molar-refractivity contribution is 0.102. The van der Waals surface area contributed by atoms with E-state index in [1.54, 1.807) is 0 Å². The predicted molar refractivity (Wildman–Crippen MR) is 76.5 cm³/mol. The van der Waals surface area contributed by atoms with Crippen molar-refractivity contribution in [2.75, 3.05) is 5.32 Å². The Balaban J connectivity index is 2.29. The van der Waals surface area contributed by atoms with Crippen LogP contribution < -0.4 is 10.9 Å². The number of H-pyrrole nitrogens is 1. The summed E-state index contributed by atoms with van der Waals surface area (Å²) in [5.74, 6) is -0.502. The van der Waals surface area contributed by atoms with Crippen LogP contribution in [0, 0.1) is 0 Å². The Labute approximate surface area is 123 Å². The maximum Gasteiger partial charge on any atom is 0.272 e. The predicted octanol–water partition coefficient (Wildman–Crippen LogP) is 3.59. The number of anilines is 1. The number of pyridine rings is 1. The first-order valence-electron chi connectivity index (χ1n) is 5.12. The quantitative estimate of drug-likeness (QED) is 0.832. The number of aromatic nitrogens is 1. The highest BCUT2D eigenvalue weighted by molar-refractivity contribution is 6.44. The molecule has 0 radical (unpaired) electrons. The summed E-state index contributed by atoms with van der Waals surface area (Å²) in [6.07, 6.45) is 0. The van der Waals surface area contributed by atoms with Gasteiger partial charge in [-0.05, 0) is 18.2 Å². The highest BCUT2D eigenvalue weighted by Gasteiger charge is 2.11. The van der Waals surface area contributed by atoms with Gasteiger partial charge in [-0.2, -0.15) is 0 Å². The van der Waals surface area contributed by atoms with Crippen molar-refractivity contribution in [1.82, 2.24) is 4.98 Å². The van der Waals surface area contributed by atoms with Gasteiger partial charge in [-0.15, -0.1) is 0 Å². The van der Waals surface area contributed by atoms with E-state index in [4.69, 9.17) is 34.8 Å². The second kappa shape index (κ2) is 5.65. The molecule has 1 aromatic carbocycles. The second-order valence-electron chi connectivity index (χ2n) is 3.63. The molecule has 1 heterocycles. The third-order valence-electron chi connectivity index (χ3n) is 2.27. The molecule has 0 saturated carbocycles. The van der Waals surface area contributed by atoms with E-state index in [0.29, 0.717) is 5.69 Å². The van der Waals surface area contributed by atoms with Gasteiger partial charge in [0, 0.05) is 6.07 Å². The Kier molecular flexibility index (Phi) is 4.14. The lowest BCUT2D eigenvalue weighted by atomic mass is 10.3. The summed E-state index contributed by atoms with van der Waals surface area (Å²) in [4.78, 5) is 25.4. The van der Waals surface area contributed by atoms with Gasteiger partial charge in [-0.1, -0.05) is 40.9 Å². The molecule has 7 heteroatoms. The molecule has 0 aliphatic carbocycles. The molecule has 0 atom stereocenters. The monoisotopic (exact) mass is 316 g/mol. The standard InChI is InChI=1S/C12H7Cl3N2O2/c13-6-4-8(15)10(5-7(6)14)17-12(19)9-2-1-3-11(18)16-9/h1-5H,(H,16,18)(H,17,19). The minimum atomic E-state index is -0.502. The van der Waals surface area contributed by atoms with Crippen LogP contribution >= 0.6 is 34.8 Å². The van der Waals surface area contributed by atoms with E-state index < -0.39 is 5.91 Å².